The van der Waals surface area contributed by atoms with Gasteiger partial charge in [-0.3, -0.25) is 9.36 Å². The molecule has 4 nitrogen and oxygen atoms in total. The zero-order valence-corrected chi connectivity index (χ0v) is 11.0. The van der Waals surface area contributed by atoms with Crippen LogP contribution in [0.2, 0.25) is 10.0 Å². The van der Waals surface area contributed by atoms with Crippen LogP contribution in [0.1, 0.15) is 5.56 Å². The molecule has 0 radical (unpaired) electrons. The normalized spacial score (nSPS) is 12.1. The number of imidazole rings is 1. The highest BCUT2D eigenvalue weighted by atomic mass is 35.5. The fourth-order valence-electron chi connectivity index (χ4n) is 1.53. The van der Waals surface area contributed by atoms with Crippen molar-refractivity contribution in [3.05, 3.63) is 48.9 Å². The Labute approximate surface area is 112 Å². The molecule has 18 heavy (non-hydrogen) atoms. The van der Waals surface area contributed by atoms with E-state index in [4.69, 9.17) is 23.2 Å². The first-order chi connectivity index (χ1) is 8.40. The zero-order chi connectivity index (χ0) is 13.4. The molecule has 2 N–H and O–H groups in total. The fourth-order valence-corrected chi connectivity index (χ4v) is 2.03. The predicted molar refractivity (Wildman–Crippen MR) is 72.5 cm³/mol. The van der Waals surface area contributed by atoms with Crippen LogP contribution in [0.3, 0.4) is 0 Å². The number of H-pyrrole nitrogens is 1. The third-order valence-corrected chi connectivity index (χ3v) is 3.15. The Hall–Kier alpha value is -1.65. The van der Waals surface area contributed by atoms with E-state index in [1.807, 2.05) is 0 Å². The molecule has 0 spiro atoms. The number of halogens is 2. The minimum Gasteiger partial charge on any atom is -0.505 e. The van der Waals surface area contributed by atoms with Gasteiger partial charge in [-0.15, -0.1) is 0 Å². The van der Waals surface area contributed by atoms with Gasteiger partial charge in [0.15, 0.2) is 5.75 Å². The number of nitrogens with one attached hydrogen (secondary N) is 1. The molecule has 1 heterocycles. The third-order valence-electron chi connectivity index (χ3n) is 2.57. The summed E-state index contributed by atoms with van der Waals surface area (Å²) in [6.45, 7) is 3.69. The Morgan fingerprint density at radius 1 is 1.39 bits per heavy atom. The number of phenolic OH excluding ortho intramolecular Hbond substituents is 1. The second-order valence-corrected chi connectivity index (χ2v) is 4.64. The fraction of sp³-hybridized carbons (Fsp3) is 0.0833. The van der Waals surface area contributed by atoms with Crippen LogP contribution in [-0.2, 0) is 7.05 Å². The van der Waals surface area contributed by atoms with Crippen molar-refractivity contribution in [2.24, 2.45) is 7.05 Å². The van der Waals surface area contributed by atoms with Gasteiger partial charge in [0.05, 0.1) is 10.0 Å². The summed E-state index contributed by atoms with van der Waals surface area (Å²) in [6, 6.07) is 3.04. The van der Waals surface area contributed by atoms with Crippen LogP contribution >= 0.6 is 23.2 Å². The molecule has 0 amide bonds. The summed E-state index contributed by atoms with van der Waals surface area (Å²) < 4.78 is 1.40. The van der Waals surface area contributed by atoms with Crippen LogP contribution in [0.4, 0.5) is 0 Å². The van der Waals surface area contributed by atoms with E-state index < -0.39 is 0 Å². The maximum atomic E-state index is 11.8. The van der Waals surface area contributed by atoms with Crippen molar-refractivity contribution in [2.75, 3.05) is 0 Å². The van der Waals surface area contributed by atoms with Gasteiger partial charge in [-0.2, -0.15) is 0 Å². The molecule has 0 unspecified atom stereocenters. The van der Waals surface area contributed by atoms with Crippen molar-refractivity contribution in [3.63, 3.8) is 0 Å². The van der Waals surface area contributed by atoms with Crippen molar-refractivity contribution in [3.8, 4) is 5.75 Å². The first-order valence-corrected chi connectivity index (χ1v) is 5.79. The number of benzene rings is 1. The van der Waals surface area contributed by atoms with Gasteiger partial charge in [0, 0.05) is 7.05 Å². The van der Waals surface area contributed by atoms with Gasteiger partial charge < -0.3 is 10.1 Å². The van der Waals surface area contributed by atoms with Gasteiger partial charge in [-0.05, 0) is 23.8 Å². The summed E-state index contributed by atoms with van der Waals surface area (Å²) >= 11 is 11.6. The van der Waals surface area contributed by atoms with Crippen molar-refractivity contribution < 1.29 is 5.11 Å². The maximum absolute atomic E-state index is 11.8. The van der Waals surface area contributed by atoms with Crippen molar-refractivity contribution in [1.29, 1.82) is 0 Å². The quantitative estimate of drug-likeness (QED) is 0.820. The highest BCUT2D eigenvalue weighted by molar-refractivity contribution is 6.37. The second-order valence-electron chi connectivity index (χ2n) is 3.83. The minimum atomic E-state index is -0.194. The summed E-state index contributed by atoms with van der Waals surface area (Å²) in [4.78, 5) is 14.6. The predicted octanol–water partition coefficient (Wildman–Crippen LogP) is 0.965. The highest BCUT2D eigenvalue weighted by Crippen LogP contribution is 2.32. The Morgan fingerprint density at radius 3 is 2.39 bits per heavy atom. The average Bonchev–Trinajstić information content (AvgIpc) is 2.54. The van der Waals surface area contributed by atoms with E-state index in [1.165, 1.54) is 16.7 Å². The Balaban J connectivity index is 2.68. The molecular weight excluding hydrogens is 275 g/mol. The average molecular weight is 285 g/mol. The zero-order valence-electron chi connectivity index (χ0n) is 9.50. The van der Waals surface area contributed by atoms with Crippen LogP contribution in [-0.4, -0.2) is 14.7 Å². The molecule has 0 saturated carbocycles. The van der Waals surface area contributed by atoms with E-state index >= 15 is 0 Å². The second kappa shape index (κ2) is 4.55. The molecule has 0 saturated heterocycles. The number of aromatic amines is 1. The summed E-state index contributed by atoms with van der Waals surface area (Å²) in [7, 11) is 1.62. The summed E-state index contributed by atoms with van der Waals surface area (Å²) in [5.41, 5.74) is 0.921. The number of aromatic hydroxyl groups is 1. The van der Waals surface area contributed by atoms with Crippen LogP contribution in [0.25, 0.3) is 12.7 Å². The topological polar surface area (TPSA) is 58.0 Å². The molecule has 0 aliphatic heterocycles. The molecule has 94 valence electrons. The lowest BCUT2D eigenvalue weighted by atomic mass is 10.2. The molecule has 0 bridgehead atoms. The van der Waals surface area contributed by atoms with E-state index in [-0.39, 0.29) is 21.4 Å². The number of rotatable bonds is 1. The van der Waals surface area contributed by atoms with Crippen LogP contribution < -0.4 is 16.4 Å². The molecule has 0 aliphatic carbocycles. The molecular formula is C12H10Cl2N2O2. The number of aromatic nitrogens is 2. The van der Waals surface area contributed by atoms with Crippen LogP contribution in [0.5, 0.6) is 5.75 Å². The molecule has 1 aromatic heterocycles. The van der Waals surface area contributed by atoms with Crippen molar-refractivity contribution in [1.82, 2.24) is 9.55 Å². The SMILES string of the molecule is C=c1[nH]/c(=C\c2cc(Cl)c(O)c(Cl)c2)c(=O)n1C. The van der Waals surface area contributed by atoms with Gasteiger partial charge in [-0.1, -0.05) is 29.8 Å². The molecule has 0 atom stereocenters. The third kappa shape index (κ3) is 2.17. The lowest BCUT2D eigenvalue weighted by Gasteiger charge is -2.00. The van der Waals surface area contributed by atoms with Gasteiger partial charge in [-0.25, -0.2) is 0 Å². The van der Waals surface area contributed by atoms with E-state index in [0.717, 1.165) is 0 Å². The maximum Gasteiger partial charge on any atom is 0.275 e. The first kappa shape index (κ1) is 12.8. The van der Waals surface area contributed by atoms with Gasteiger partial charge in [0.2, 0.25) is 0 Å². The van der Waals surface area contributed by atoms with E-state index in [2.05, 4.69) is 11.6 Å². The van der Waals surface area contributed by atoms with Crippen molar-refractivity contribution in [2.45, 2.75) is 0 Å². The lowest BCUT2D eigenvalue weighted by Crippen LogP contribution is -2.28. The molecule has 2 rings (SSSR count). The smallest absolute Gasteiger partial charge is 0.275 e. The van der Waals surface area contributed by atoms with Gasteiger partial charge in [0.25, 0.3) is 5.56 Å². The first-order valence-electron chi connectivity index (χ1n) is 5.04. The van der Waals surface area contributed by atoms with Gasteiger partial charge in [0.1, 0.15) is 10.8 Å². The summed E-state index contributed by atoms with van der Waals surface area (Å²) in [5.74, 6) is -0.173. The number of phenols is 1. The van der Waals surface area contributed by atoms with Gasteiger partial charge >= 0.3 is 0 Å². The molecule has 2 aromatic rings. The monoisotopic (exact) mass is 284 g/mol. The van der Waals surface area contributed by atoms with Crippen molar-refractivity contribution >= 4 is 35.9 Å². The number of hydrogen-bond acceptors (Lipinski definition) is 2. The Kier molecular flexibility index (Phi) is 3.24. The number of hydrogen-bond donors (Lipinski definition) is 2. The summed E-state index contributed by atoms with van der Waals surface area (Å²) in [6.07, 6.45) is 1.59. The molecule has 0 fully saturated rings. The van der Waals surface area contributed by atoms with E-state index in [1.54, 1.807) is 13.1 Å². The Morgan fingerprint density at radius 2 is 1.94 bits per heavy atom. The lowest BCUT2D eigenvalue weighted by molar-refractivity contribution is 0.476. The standard InChI is InChI=1S/C12H10Cl2N2O2/c1-6-15-10(12(18)16(6)2)5-7-3-8(13)11(17)9(14)4-7/h3-5,15,17H,1H2,2H3/b10-5-. The number of nitrogens with zero attached hydrogens (tertiary/aromatic N) is 1. The largest absolute Gasteiger partial charge is 0.505 e. The van der Waals surface area contributed by atoms with E-state index in [0.29, 0.717) is 16.4 Å². The molecule has 6 heteroatoms. The van der Waals surface area contributed by atoms with E-state index in [9.17, 15) is 9.90 Å². The van der Waals surface area contributed by atoms with Crippen LogP contribution in [0.15, 0.2) is 16.9 Å². The molecule has 0 aliphatic rings. The highest BCUT2D eigenvalue weighted by Gasteiger charge is 2.06. The molecule has 1 aromatic carbocycles. The Bertz CT molecular complexity index is 751. The summed E-state index contributed by atoms with van der Waals surface area (Å²) in [5, 5.41) is 10.1. The minimum absolute atomic E-state index is 0.131. The van der Waals surface area contributed by atoms with Crippen LogP contribution in [0, 0.1) is 0 Å².